The molecule has 0 rings (SSSR count). The van der Waals surface area contributed by atoms with Crippen LogP contribution in [-0.2, 0) is 9.36 Å². The van der Waals surface area contributed by atoms with Crippen molar-refractivity contribution in [1.82, 2.24) is 4.90 Å². The largest absolute Gasteiger partial charge is 0.341 e. The number of hydrogen-bond donors (Lipinski definition) is 2. The predicted octanol–water partition coefficient (Wildman–Crippen LogP) is 1.76. The van der Waals surface area contributed by atoms with Crippen molar-refractivity contribution in [2.24, 2.45) is 0 Å². The lowest BCUT2D eigenvalue weighted by Crippen LogP contribution is -2.34. The van der Waals surface area contributed by atoms with Gasteiger partial charge in [0, 0.05) is 19.2 Å². The molecule has 0 aromatic heterocycles. The van der Waals surface area contributed by atoms with Crippen molar-refractivity contribution < 1.29 is 19.1 Å². The lowest BCUT2D eigenvalue weighted by atomic mass is 10.2. The Hall–Kier alpha value is -0.640. The maximum Gasteiger partial charge on any atom is 0.330 e. The maximum absolute atomic E-state index is 11.6. The van der Waals surface area contributed by atoms with Crippen LogP contribution in [-0.4, -0.2) is 39.8 Å². The summed E-state index contributed by atoms with van der Waals surface area (Å²) >= 11 is 0. The predicted molar refractivity (Wildman–Crippen MR) is 67.8 cm³/mol. The van der Waals surface area contributed by atoms with E-state index < -0.39 is 13.3 Å². The van der Waals surface area contributed by atoms with Gasteiger partial charge in [-0.15, -0.1) is 0 Å². The summed E-state index contributed by atoms with van der Waals surface area (Å²) in [5.41, 5.74) is -0.414. The minimum absolute atomic E-state index is 0.0654. The smallest absolute Gasteiger partial charge is 0.330 e. The minimum Gasteiger partial charge on any atom is -0.341 e. The highest BCUT2D eigenvalue weighted by molar-refractivity contribution is 7.52. The third-order valence-corrected chi connectivity index (χ3v) is 3.94. The van der Waals surface area contributed by atoms with Gasteiger partial charge in [-0.2, -0.15) is 0 Å². The van der Waals surface area contributed by atoms with E-state index in [9.17, 15) is 19.1 Å². The van der Waals surface area contributed by atoms with Crippen molar-refractivity contribution in [3.63, 3.8) is 0 Å². The Labute approximate surface area is 103 Å². The normalized spacial score (nSPS) is 13.2. The van der Waals surface area contributed by atoms with Crippen LogP contribution in [0.15, 0.2) is 12.2 Å². The van der Waals surface area contributed by atoms with Crippen molar-refractivity contribution in [1.29, 1.82) is 0 Å². The van der Waals surface area contributed by atoms with Gasteiger partial charge in [-0.1, -0.05) is 26.3 Å². The van der Waals surface area contributed by atoms with Gasteiger partial charge < -0.3 is 14.7 Å². The molecule has 0 heterocycles. The Kier molecular flexibility index (Phi) is 6.68. The fourth-order valence-electron chi connectivity index (χ4n) is 1.53. The fourth-order valence-corrected chi connectivity index (χ4v) is 2.51. The highest BCUT2D eigenvalue weighted by atomic mass is 31.2. The average molecular weight is 263 g/mol. The molecule has 0 fully saturated rings. The van der Waals surface area contributed by atoms with Crippen LogP contribution in [0, 0.1) is 0 Å². The van der Waals surface area contributed by atoms with E-state index in [1.54, 1.807) is 6.92 Å². The molecule has 0 aromatic carbocycles. The van der Waals surface area contributed by atoms with E-state index in [1.807, 2.05) is 6.92 Å². The van der Waals surface area contributed by atoms with Gasteiger partial charge in [-0.25, -0.2) is 0 Å². The van der Waals surface area contributed by atoms with Gasteiger partial charge in [0.25, 0.3) is 0 Å². The highest BCUT2D eigenvalue weighted by Crippen LogP contribution is 2.43. The first kappa shape index (κ1) is 16.4. The van der Waals surface area contributed by atoms with Gasteiger partial charge in [0.1, 0.15) is 0 Å². The molecule has 6 heteroatoms. The van der Waals surface area contributed by atoms with Gasteiger partial charge in [0.05, 0.1) is 5.66 Å². The Morgan fingerprint density at radius 2 is 2.00 bits per heavy atom. The first-order chi connectivity index (χ1) is 7.70. The molecule has 17 heavy (non-hydrogen) atoms. The van der Waals surface area contributed by atoms with Crippen LogP contribution < -0.4 is 0 Å². The van der Waals surface area contributed by atoms with Crippen LogP contribution in [0.1, 0.15) is 33.1 Å². The topological polar surface area (TPSA) is 77.8 Å². The van der Waals surface area contributed by atoms with Crippen LogP contribution in [0.4, 0.5) is 0 Å². The molecule has 1 unspecified atom stereocenters. The summed E-state index contributed by atoms with van der Waals surface area (Å²) in [6.45, 7) is 7.13. The number of nitrogens with zero attached hydrogens (tertiary/aromatic N) is 1. The SMILES string of the molecule is C=C(C)C(=O)N(C)CC(CCCC)P(=O)(O)O. The molecule has 0 radical (unpaired) electrons. The van der Waals surface area contributed by atoms with E-state index in [2.05, 4.69) is 6.58 Å². The van der Waals surface area contributed by atoms with Gasteiger partial charge in [-0.05, 0) is 13.3 Å². The molecule has 5 nitrogen and oxygen atoms in total. The van der Waals surface area contributed by atoms with E-state index >= 15 is 0 Å². The number of carbonyl (C=O) groups excluding carboxylic acids is 1. The molecule has 0 aliphatic heterocycles. The number of amides is 1. The number of likely N-dealkylation sites (N-methyl/N-ethyl adjacent to an activating group) is 1. The Bertz CT molecular complexity index is 323. The summed E-state index contributed by atoms with van der Waals surface area (Å²) < 4.78 is 11.3. The minimum atomic E-state index is -4.15. The molecule has 1 amide bonds. The summed E-state index contributed by atoms with van der Waals surface area (Å²) in [5.74, 6) is -0.278. The van der Waals surface area contributed by atoms with Crippen molar-refractivity contribution in [3.8, 4) is 0 Å². The summed E-state index contributed by atoms with van der Waals surface area (Å²) in [4.78, 5) is 31.3. The zero-order chi connectivity index (χ0) is 13.6. The van der Waals surface area contributed by atoms with Crippen LogP contribution in [0.25, 0.3) is 0 Å². The average Bonchev–Trinajstić information content (AvgIpc) is 2.20. The number of unbranched alkanes of at least 4 members (excludes halogenated alkanes) is 1. The molecule has 0 saturated carbocycles. The zero-order valence-corrected chi connectivity index (χ0v) is 11.6. The summed E-state index contributed by atoms with van der Waals surface area (Å²) in [5, 5.41) is 0. The van der Waals surface area contributed by atoms with Gasteiger partial charge in [0.2, 0.25) is 5.91 Å². The van der Waals surface area contributed by atoms with Crippen LogP contribution in [0.5, 0.6) is 0 Å². The monoisotopic (exact) mass is 263 g/mol. The maximum atomic E-state index is 11.6. The van der Waals surface area contributed by atoms with E-state index in [1.165, 1.54) is 11.9 Å². The second-order valence-corrected chi connectivity index (χ2v) is 6.26. The second-order valence-electron chi connectivity index (χ2n) is 4.35. The molecular weight excluding hydrogens is 241 g/mol. The summed E-state index contributed by atoms with van der Waals surface area (Å²) in [7, 11) is -2.62. The third-order valence-electron chi connectivity index (χ3n) is 2.56. The zero-order valence-electron chi connectivity index (χ0n) is 10.7. The Morgan fingerprint density at radius 1 is 1.47 bits per heavy atom. The lowest BCUT2D eigenvalue weighted by Gasteiger charge is -2.25. The third kappa shape index (κ3) is 6.01. The molecule has 0 saturated heterocycles. The van der Waals surface area contributed by atoms with Crippen LogP contribution in [0.3, 0.4) is 0 Å². The van der Waals surface area contributed by atoms with Crippen molar-refractivity contribution >= 4 is 13.5 Å². The van der Waals surface area contributed by atoms with Crippen LogP contribution >= 0.6 is 7.60 Å². The van der Waals surface area contributed by atoms with Crippen LogP contribution in [0.2, 0.25) is 0 Å². The molecule has 0 spiro atoms. The standard InChI is InChI=1S/C11H22NO4P/c1-5-6-7-10(17(14,15)16)8-12(4)11(13)9(2)3/h10H,2,5-8H2,1,3-4H3,(H2,14,15,16). The first-order valence-corrected chi connectivity index (χ1v) is 7.34. The molecule has 0 aliphatic rings. The summed E-state index contributed by atoms with van der Waals surface area (Å²) in [6, 6.07) is 0. The van der Waals surface area contributed by atoms with Gasteiger partial charge in [0.15, 0.2) is 0 Å². The van der Waals surface area contributed by atoms with E-state index in [4.69, 9.17) is 0 Å². The number of carbonyl (C=O) groups is 1. The van der Waals surface area contributed by atoms with Gasteiger partial charge in [-0.3, -0.25) is 9.36 Å². The molecule has 1 atom stereocenters. The molecule has 0 aromatic rings. The quantitative estimate of drug-likeness (QED) is 0.542. The molecule has 100 valence electrons. The van der Waals surface area contributed by atoms with E-state index in [-0.39, 0.29) is 12.5 Å². The van der Waals surface area contributed by atoms with Crippen molar-refractivity contribution in [2.45, 2.75) is 38.8 Å². The van der Waals surface area contributed by atoms with Crippen molar-refractivity contribution in [2.75, 3.05) is 13.6 Å². The highest BCUT2D eigenvalue weighted by Gasteiger charge is 2.30. The molecular formula is C11H22NO4P. The molecule has 2 N–H and O–H groups in total. The lowest BCUT2D eigenvalue weighted by molar-refractivity contribution is -0.125. The Balaban J connectivity index is 4.59. The van der Waals surface area contributed by atoms with Gasteiger partial charge >= 0.3 is 7.60 Å². The second kappa shape index (κ2) is 6.94. The Morgan fingerprint density at radius 3 is 2.35 bits per heavy atom. The first-order valence-electron chi connectivity index (χ1n) is 5.66. The summed E-state index contributed by atoms with van der Waals surface area (Å²) in [6.07, 6.45) is 2.04. The van der Waals surface area contributed by atoms with E-state index in [0.717, 1.165) is 12.8 Å². The van der Waals surface area contributed by atoms with Crippen molar-refractivity contribution in [3.05, 3.63) is 12.2 Å². The molecule has 0 bridgehead atoms. The van der Waals surface area contributed by atoms with E-state index in [0.29, 0.717) is 12.0 Å². The number of rotatable bonds is 7. The fraction of sp³-hybridized carbons (Fsp3) is 0.727. The molecule has 0 aliphatic carbocycles. The number of hydrogen-bond acceptors (Lipinski definition) is 2.